The molecule has 0 N–H and O–H groups in total. The standard InChI is InChI=1S/C23H32N2O5/c1-2-15-30-20-5-3-18(4-6-20)21(26)7-8-22(27)24-11-9-19(10-12-24)23(28)25-13-16-29-17-14-25/h3-6,19H,2,7-17H2,1H3. The molecule has 0 atom stereocenters. The second kappa shape index (κ2) is 11.1. The first-order valence-corrected chi connectivity index (χ1v) is 11.0. The molecule has 30 heavy (non-hydrogen) atoms. The molecule has 7 heteroatoms. The van der Waals surface area contributed by atoms with Gasteiger partial charge in [-0.3, -0.25) is 14.4 Å². The summed E-state index contributed by atoms with van der Waals surface area (Å²) in [5, 5.41) is 0. The molecule has 1 aromatic rings. The average molecular weight is 417 g/mol. The molecule has 1 aromatic carbocycles. The lowest BCUT2D eigenvalue weighted by molar-refractivity contribution is -0.143. The van der Waals surface area contributed by atoms with Gasteiger partial charge < -0.3 is 19.3 Å². The number of Topliss-reactive ketones (excluding diaryl/α,β-unsaturated/α-hetero) is 1. The third-order valence-electron chi connectivity index (χ3n) is 5.73. The van der Waals surface area contributed by atoms with Gasteiger partial charge in [-0.15, -0.1) is 0 Å². The number of carbonyl (C=O) groups is 3. The summed E-state index contributed by atoms with van der Waals surface area (Å²) < 4.78 is 10.8. The Morgan fingerprint density at radius 3 is 2.27 bits per heavy atom. The minimum absolute atomic E-state index is 0.0106. The van der Waals surface area contributed by atoms with Crippen molar-refractivity contribution < 1.29 is 23.9 Å². The van der Waals surface area contributed by atoms with Gasteiger partial charge in [-0.25, -0.2) is 0 Å². The van der Waals surface area contributed by atoms with Crippen molar-refractivity contribution in [1.29, 1.82) is 0 Å². The Morgan fingerprint density at radius 2 is 1.63 bits per heavy atom. The normalized spacial score (nSPS) is 17.6. The van der Waals surface area contributed by atoms with Crippen molar-refractivity contribution in [2.24, 2.45) is 5.92 Å². The van der Waals surface area contributed by atoms with Gasteiger partial charge >= 0.3 is 0 Å². The van der Waals surface area contributed by atoms with Crippen LogP contribution in [0.3, 0.4) is 0 Å². The summed E-state index contributed by atoms with van der Waals surface area (Å²) in [4.78, 5) is 41.2. The van der Waals surface area contributed by atoms with Crippen LogP contribution in [0.4, 0.5) is 0 Å². The Balaban J connectivity index is 1.40. The highest BCUT2D eigenvalue weighted by Crippen LogP contribution is 2.21. The quantitative estimate of drug-likeness (QED) is 0.609. The number of carbonyl (C=O) groups excluding carboxylic acids is 3. The number of ketones is 1. The fourth-order valence-electron chi connectivity index (χ4n) is 3.90. The van der Waals surface area contributed by atoms with Crippen LogP contribution in [-0.4, -0.2) is 73.4 Å². The molecule has 2 amide bonds. The first-order chi connectivity index (χ1) is 14.6. The van der Waals surface area contributed by atoms with E-state index in [1.807, 2.05) is 11.8 Å². The molecule has 0 saturated carbocycles. The van der Waals surface area contributed by atoms with Crippen molar-refractivity contribution >= 4 is 17.6 Å². The predicted molar refractivity (Wildman–Crippen MR) is 112 cm³/mol. The molecule has 2 aliphatic heterocycles. The second-order valence-corrected chi connectivity index (χ2v) is 7.89. The van der Waals surface area contributed by atoms with Crippen molar-refractivity contribution in [2.45, 2.75) is 39.0 Å². The van der Waals surface area contributed by atoms with E-state index < -0.39 is 0 Å². The van der Waals surface area contributed by atoms with Crippen LogP contribution in [0.2, 0.25) is 0 Å². The zero-order chi connectivity index (χ0) is 21.3. The van der Waals surface area contributed by atoms with Gasteiger partial charge in [0.25, 0.3) is 0 Å². The van der Waals surface area contributed by atoms with E-state index >= 15 is 0 Å². The van der Waals surface area contributed by atoms with Crippen molar-refractivity contribution in [3.63, 3.8) is 0 Å². The Kier molecular flexibility index (Phi) is 8.25. The number of rotatable bonds is 8. The van der Waals surface area contributed by atoms with Crippen molar-refractivity contribution in [3.8, 4) is 5.75 Å². The number of hydrogen-bond acceptors (Lipinski definition) is 5. The van der Waals surface area contributed by atoms with Crippen LogP contribution in [0.5, 0.6) is 5.75 Å². The number of morpholine rings is 1. The molecule has 7 nitrogen and oxygen atoms in total. The molecule has 2 aliphatic rings. The molecule has 3 rings (SSSR count). The van der Waals surface area contributed by atoms with Gasteiger partial charge in [-0.1, -0.05) is 6.92 Å². The van der Waals surface area contributed by atoms with Gasteiger partial charge in [0.2, 0.25) is 11.8 Å². The van der Waals surface area contributed by atoms with Gasteiger partial charge in [-0.05, 0) is 43.5 Å². The van der Waals surface area contributed by atoms with Crippen LogP contribution in [0.1, 0.15) is 49.4 Å². The molecule has 0 unspecified atom stereocenters. The molecule has 0 aromatic heterocycles. The summed E-state index contributed by atoms with van der Waals surface area (Å²) in [6.07, 6.45) is 2.71. The van der Waals surface area contributed by atoms with Crippen LogP contribution in [0, 0.1) is 5.92 Å². The highest BCUT2D eigenvalue weighted by atomic mass is 16.5. The van der Waals surface area contributed by atoms with E-state index in [-0.39, 0.29) is 36.4 Å². The van der Waals surface area contributed by atoms with E-state index in [4.69, 9.17) is 9.47 Å². The summed E-state index contributed by atoms with van der Waals surface area (Å²) in [6.45, 7) is 6.37. The zero-order valence-electron chi connectivity index (χ0n) is 17.8. The minimum atomic E-state index is -0.0391. The zero-order valence-corrected chi connectivity index (χ0v) is 17.8. The molecule has 0 radical (unpaired) electrons. The van der Waals surface area contributed by atoms with Crippen LogP contribution < -0.4 is 4.74 Å². The number of nitrogens with zero attached hydrogens (tertiary/aromatic N) is 2. The van der Waals surface area contributed by atoms with Crippen molar-refractivity contribution in [3.05, 3.63) is 29.8 Å². The topological polar surface area (TPSA) is 76.2 Å². The highest BCUT2D eigenvalue weighted by molar-refractivity contribution is 5.98. The van der Waals surface area contributed by atoms with E-state index in [0.717, 1.165) is 12.2 Å². The second-order valence-electron chi connectivity index (χ2n) is 7.89. The van der Waals surface area contributed by atoms with Crippen LogP contribution in [0.25, 0.3) is 0 Å². The maximum absolute atomic E-state index is 12.6. The van der Waals surface area contributed by atoms with Crippen LogP contribution >= 0.6 is 0 Å². The Hall–Kier alpha value is -2.41. The fraction of sp³-hybridized carbons (Fsp3) is 0.609. The summed E-state index contributed by atoms with van der Waals surface area (Å²) in [7, 11) is 0. The SMILES string of the molecule is CCCOc1ccc(C(=O)CCC(=O)N2CCC(C(=O)N3CCOCC3)CC2)cc1. The van der Waals surface area contributed by atoms with E-state index in [2.05, 4.69) is 0 Å². The Morgan fingerprint density at radius 1 is 0.967 bits per heavy atom. The maximum atomic E-state index is 12.6. The first-order valence-electron chi connectivity index (χ1n) is 11.0. The van der Waals surface area contributed by atoms with E-state index in [9.17, 15) is 14.4 Å². The summed E-state index contributed by atoms with van der Waals surface area (Å²) in [5.74, 6) is 0.874. The van der Waals surface area contributed by atoms with Crippen LogP contribution in [-0.2, 0) is 14.3 Å². The molecule has 2 fully saturated rings. The largest absolute Gasteiger partial charge is 0.494 e. The monoisotopic (exact) mass is 416 g/mol. The van der Waals surface area contributed by atoms with E-state index in [1.54, 1.807) is 29.2 Å². The van der Waals surface area contributed by atoms with Gasteiger partial charge in [-0.2, -0.15) is 0 Å². The van der Waals surface area contributed by atoms with Gasteiger partial charge in [0.1, 0.15) is 5.75 Å². The number of amides is 2. The number of benzene rings is 1. The third kappa shape index (κ3) is 6.05. The van der Waals surface area contributed by atoms with E-state index in [1.165, 1.54) is 0 Å². The molecule has 0 aliphatic carbocycles. The van der Waals surface area contributed by atoms with Gasteiger partial charge in [0.15, 0.2) is 5.78 Å². The number of hydrogen-bond donors (Lipinski definition) is 0. The summed E-state index contributed by atoms with van der Waals surface area (Å²) in [6, 6.07) is 7.09. The summed E-state index contributed by atoms with van der Waals surface area (Å²) >= 11 is 0. The molecule has 164 valence electrons. The minimum Gasteiger partial charge on any atom is -0.494 e. The number of likely N-dealkylation sites (tertiary alicyclic amines) is 1. The predicted octanol–water partition coefficient (Wildman–Crippen LogP) is 2.54. The van der Waals surface area contributed by atoms with E-state index in [0.29, 0.717) is 64.4 Å². The lowest BCUT2D eigenvalue weighted by Gasteiger charge is -2.35. The molecule has 0 spiro atoms. The lowest BCUT2D eigenvalue weighted by Crippen LogP contribution is -2.47. The molecule has 0 bridgehead atoms. The molecule has 2 saturated heterocycles. The van der Waals surface area contributed by atoms with Crippen molar-refractivity contribution in [1.82, 2.24) is 9.80 Å². The third-order valence-corrected chi connectivity index (χ3v) is 5.73. The van der Waals surface area contributed by atoms with Crippen LogP contribution in [0.15, 0.2) is 24.3 Å². The highest BCUT2D eigenvalue weighted by Gasteiger charge is 2.30. The molecular formula is C23H32N2O5. The van der Waals surface area contributed by atoms with Gasteiger partial charge in [0, 0.05) is 50.5 Å². The number of ether oxygens (including phenoxy) is 2. The smallest absolute Gasteiger partial charge is 0.225 e. The average Bonchev–Trinajstić information content (AvgIpc) is 2.81. The van der Waals surface area contributed by atoms with Crippen molar-refractivity contribution in [2.75, 3.05) is 46.0 Å². The Bertz CT molecular complexity index is 720. The molecular weight excluding hydrogens is 384 g/mol. The Labute approximate surface area is 178 Å². The lowest BCUT2D eigenvalue weighted by atomic mass is 9.94. The maximum Gasteiger partial charge on any atom is 0.225 e. The number of piperidine rings is 1. The first kappa shape index (κ1) is 22.3. The summed E-state index contributed by atoms with van der Waals surface area (Å²) in [5.41, 5.74) is 0.599. The van der Waals surface area contributed by atoms with Gasteiger partial charge in [0.05, 0.1) is 19.8 Å². The molecule has 2 heterocycles. The fourth-order valence-corrected chi connectivity index (χ4v) is 3.90.